The van der Waals surface area contributed by atoms with Crippen molar-refractivity contribution < 1.29 is 14.7 Å². The van der Waals surface area contributed by atoms with Gasteiger partial charge in [0.1, 0.15) is 9.30 Å². The molecule has 0 radical (unpaired) electrons. The van der Waals surface area contributed by atoms with E-state index in [0.717, 1.165) is 0 Å². The summed E-state index contributed by atoms with van der Waals surface area (Å²) in [7, 11) is 0. The molecule has 1 amide bonds. The average molecular weight is 289 g/mol. The molecule has 0 aliphatic rings. The van der Waals surface area contributed by atoms with E-state index in [-0.39, 0.29) is 6.54 Å². The van der Waals surface area contributed by atoms with Crippen LogP contribution in [-0.4, -0.2) is 26.3 Å². The molecular weight excluding hydrogens is 281 g/mol. The maximum Gasteiger partial charge on any atom is 0.322 e. The molecule has 0 aliphatic carbocycles. The quantitative estimate of drug-likeness (QED) is 0.397. The smallest absolute Gasteiger partial charge is 0.322 e. The number of hydrogen-bond donors (Lipinski definition) is 3. The highest BCUT2D eigenvalue weighted by atomic mass is 127. The zero-order chi connectivity index (χ0) is 9.07. The molecule has 6 heteroatoms. The van der Waals surface area contributed by atoms with Gasteiger partial charge in [-0.15, -0.1) is 0 Å². The van der Waals surface area contributed by atoms with E-state index in [1.807, 2.05) is 22.6 Å². The summed E-state index contributed by atoms with van der Waals surface area (Å²) < 4.78 is -0.854. The standard InChI is InChI=1S/C5H8INO3S/c1-5(6,11)4(10)7-2-3(8)9/h11H,2H2,1H3,(H,7,10)(H,8,9)/t5-/m1/s1. The first kappa shape index (κ1) is 11.0. The van der Waals surface area contributed by atoms with E-state index in [9.17, 15) is 9.59 Å². The lowest BCUT2D eigenvalue weighted by Gasteiger charge is -2.13. The van der Waals surface area contributed by atoms with Gasteiger partial charge in [0.15, 0.2) is 0 Å². The SMILES string of the molecule is C[C@](S)(I)C(=O)NCC(=O)O. The third kappa shape index (κ3) is 5.31. The molecule has 0 unspecified atom stereocenters. The van der Waals surface area contributed by atoms with Gasteiger partial charge in [0.05, 0.1) is 0 Å². The Morgan fingerprint density at radius 3 is 2.45 bits per heavy atom. The molecule has 2 N–H and O–H groups in total. The Kier molecular flexibility index (Phi) is 4.16. The van der Waals surface area contributed by atoms with Crippen molar-refractivity contribution in [2.24, 2.45) is 0 Å². The van der Waals surface area contributed by atoms with Crippen molar-refractivity contribution >= 4 is 47.1 Å². The molecule has 1 atom stereocenters. The van der Waals surface area contributed by atoms with Gasteiger partial charge in [-0.2, -0.15) is 12.6 Å². The second-order valence-corrected chi connectivity index (χ2v) is 5.94. The Labute approximate surface area is 83.3 Å². The number of carboxylic acids is 1. The second kappa shape index (κ2) is 4.15. The monoisotopic (exact) mass is 289 g/mol. The van der Waals surface area contributed by atoms with Gasteiger partial charge in [-0.1, -0.05) is 22.6 Å². The minimum absolute atomic E-state index is 0.363. The molecule has 0 aromatic carbocycles. The molecule has 0 bridgehead atoms. The summed E-state index contributed by atoms with van der Waals surface area (Å²) in [5.74, 6) is -1.46. The predicted octanol–water partition coefficient (Wildman–Crippen LogP) is 0.268. The van der Waals surface area contributed by atoms with Gasteiger partial charge in [0.2, 0.25) is 5.91 Å². The molecule has 0 aliphatic heterocycles. The molecule has 0 spiro atoms. The molecule has 0 fully saturated rings. The number of carboxylic acid groups (broad SMARTS) is 1. The van der Waals surface area contributed by atoms with Gasteiger partial charge in [-0.3, -0.25) is 9.59 Å². The van der Waals surface area contributed by atoms with Crippen LogP contribution in [0.1, 0.15) is 6.92 Å². The van der Waals surface area contributed by atoms with Crippen LogP contribution in [-0.2, 0) is 9.59 Å². The third-order valence-corrected chi connectivity index (χ3v) is 1.51. The number of alkyl halides is 1. The van der Waals surface area contributed by atoms with Gasteiger partial charge < -0.3 is 10.4 Å². The zero-order valence-electron chi connectivity index (χ0n) is 5.80. The summed E-state index contributed by atoms with van der Waals surface area (Å²) in [6, 6.07) is 0. The predicted molar refractivity (Wildman–Crippen MR) is 52.1 cm³/mol. The van der Waals surface area contributed by atoms with E-state index in [1.165, 1.54) is 0 Å². The summed E-state index contributed by atoms with van der Waals surface area (Å²) in [5, 5.41) is 10.4. The van der Waals surface area contributed by atoms with Crippen LogP contribution in [0, 0.1) is 0 Å². The Hall–Kier alpha value is 0.0200. The lowest BCUT2D eigenvalue weighted by Crippen LogP contribution is -2.38. The minimum atomic E-state index is -1.06. The fourth-order valence-electron chi connectivity index (χ4n) is 0.317. The van der Waals surface area contributed by atoms with Crippen LogP contribution in [0.3, 0.4) is 0 Å². The van der Waals surface area contributed by atoms with Crippen LogP contribution in [0.25, 0.3) is 0 Å². The van der Waals surface area contributed by atoms with Gasteiger partial charge in [0, 0.05) is 0 Å². The van der Waals surface area contributed by atoms with Crippen LogP contribution < -0.4 is 5.32 Å². The Bertz CT molecular complexity index is 177. The number of nitrogens with one attached hydrogen (secondary N) is 1. The number of hydrogen-bond acceptors (Lipinski definition) is 3. The summed E-state index contributed by atoms with van der Waals surface area (Å²) >= 11 is 5.74. The van der Waals surface area contributed by atoms with E-state index >= 15 is 0 Å². The number of thiol groups is 1. The molecule has 4 nitrogen and oxygen atoms in total. The van der Waals surface area contributed by atoms with Crippen molar-refractivity contribution in [3.63, 3.8) is 0 Å². The average Bonchev–Trinajstić information content (AvgIpc) is 1.80. The van der Waals surface area contributed by atoms with Crippen molar-refractivity contribution in [2.45, 2.75) is 9.68 Å². The lowest BCUT2D eigenvalue weighted by molar-refractivity contribution is -0.137. The number of amides is 1. The minimum Gasteiger partial charge on any atom is -0.480 e. The molecule has 11 heavy (non-hydrogen) atoms. The van der Waals surface area contributed by atoms with Crippen LogP contribution >= 0.6 is 35.2 Å². The van der Waals surface area contributed by atoms with Crippen molar-refractivity contribution in [1.82, 2.24) is 5.32 Å². The van der Waals surface area contributed by atoms with Gasteiger partial charge in [-0.05, 0) is 6.92 Å². The number of rotatable bonds is 3. The fourth-order valence-corrected chi connectivity index (χ4v) is 0.587. The van der Waals surface area contributed by atoms with E-state index in [1.54, 1.807) is 6.92 Å². The molecular formula is C5H8INO3S. The van der Waals surface area contributed by atoms with E-state index in [2.05, 4.69) is 17.9 Å². The highest BCUT2D eigenvalue weighted by Crippen LogP contribution is 2.21. The maximum absolute atomic E-state index is 10.9. The van der Waals surface area contributed by atoms with Gasteiger partial charge in [0.25, 0.3) is 0 Å². The molecule has 0 rings (SSSR count). The number of carbonyl (C=O) groups is 2. The van der Waals surface area contributed by atoms with Crippen LogP contribution in [0.4, 0.5) is 0 Å². The Morgan fingerprint density at radius 1 is 1.73 bits per heavy atom. The molecule has 0 aromatic rings. The van der Waals surface area contributed by atoms with E-state index in [4.69, 9.17) is 5.11 Å². The lowest BCUT2D eigenvalue weighted by atomic mass is 10.4. The first-order valence-electron chi connectivity index (χ1n) is 2.75. The Balaban J connectivity index is 3.80. The topological polar surface area (TPSA) is 66.4 Å². The summed E-state index contributed by atoms with van der Waals surface area (Å²) in [4.78, 5) is 20.9. The maximum atomic E-state index is 10.9. The van der Waals surface area contributed by atoms with E-state index < -0.39 is 14.6 Å². The van der Waals surface area contributed by atoms with Crippen LogP contribution in [0.5, 0.6) is 0 Å². The first-order chi connectivity index (χ1) is 4.84. The summed E-state index contributed by atoms with van der Waals surface area (Å²) in [6.45, 7) is 1.21. The number of halogens is 1. The number of aliphatic carboxylic acids is 1. The van der Waals surface area contributed by atoms with E-state index in [0.29, 0.717) is 0 Å². The van der Waals surface area contributed by atoms with Gasteiger partial charge >= 0.3 is 5.97 Å². The largest absolute Gasteiger partial charge is 0.480 e. The number of carbonyl (C=O) groups excluding carboxylic acids is 1. The second-order valence-electron chi connectivity index (χ2n) is 2.03. The van der Waals surface area contributed by atoms with Crippen molar-refractivity contribution in [3.8, 4) is 0 Å². The molecule has 0 aromatic heterocycles. The highest BCUT2D eigenvalue weighted by molar-refractivity contribution is 14.1. The molecule has 64 valence electrons. The zero-order valence-corrected chi connectivity index (χ0v) is 8.85. The molecule has 0 saturated heterocycles. The summed E-state index contributed by atoms with van der Waals surface area (Å²) in [6.07, 6.45) is 0. The third-order valence-electron chi connectivity index (χ3n) is 0.815. The van der Waals surface area contributed by atoms with Crippen LogP contribution in [0.2, 0.25) is 0 Å². The Morgan fingerprint density at radius 2 is 2.18 bits per heavy atom. The highest BCUT2D eigenvalue weighted by Gasteiger charge is 2.24. The van der Waals surface area contributed by atoms with Crippen molar-refractivity contribution in [3.05, 3.63) is 0 Å². The fraction of sp³-hybridized carbons (Fsp3) is 0.600. The van der Waals surface area contributed by atoms with Crippen LogP contribution in [0.15, 0.2) is 0 Å². The van der Waals surface area contributed by atoms with Gasteiger partial charge in [-0.25, -0.2) is 0 Å². The van der Waals surface area contributed by atoms with Crippen molar-refractivity contribution in [1.29, 1.82) is 0 Å². The van der Waals surface area contributed by atoms with Crippen molar-refractivity contribution in [2.75, 3.05) is 6.54 Å². The normalized spacial score (nSPS) is 15.2. The molecule has 0 heterocycles. The summed E-state index contributed by atoms with van der Waals surface area (Å²) in [5.41, 5.74) is 0. The first-order valence-corrected chi connectivity index (χ1v) is 4.28. The molecule has 0 saturated carbocycles.